The van der Waals surface area contributed by atoms with Crippen molar-refractivity contribution in [3.8, 4) is 0 Å². The molecule has 0 bridgehead atoms. The molecule has 1 saturated heterocycles. The Bertz CT molecular complexity index is 841. The average molecular weight is 383 g/mol. The molecule has 0 saturated carbocycles. The SMILES string of the molecule is Cc1nn(C)c(N2CCOCC2)c1CNCC(=O)N1CCCc2ccccc21. The normalized spacial score (nSPS) is 16.9. The summed E-state index contributed by atoms with van der Waals surface area (Å²) >= 11 is 0. The Hall–Kier alpha value is -2.38. The molecule has 0 aliphatic carbocycles. The summed E-state index contributed by atoms with van der Waals surface area (Å²) in [4.78, 5) is 17.1. The number of amides is 1. The Kier molecular flexibility index (Phi) is 5.64. The second-order valence-corrected chi connectivity index (χ2v) is 7.49. The van der Waals surface area contributed by atoms with Crippen LogP contribution in [0.5, 0.6) is 0 Å². The standard InChI is InChI=1S/C21H29N5O2/c1-16-18(21(24(2)23-16)25-10-12-28-13-11-25)14-22-15-20(27)26-9-5-7-17-6-3-4-8-19(17)26/h3-4,6,8,22H,5,7,9-15H2,1-2H3. The van der Waals surface area contributed by atoms with Gasteiger partial charge in [0, 0.05) is 44.5 Å². The number of hydrogen-bond acceptors (Lipinski definition) is 5. The van der Waals surface area contributed by atoms with Crippen LogP contribution in [-0.4, -0.2) is 55.1 Å². The van der Waals surface area contributed by atoms with Crippen LogP contribution < -0.4 is 15.1 Å². The van der Waals surface area contributed by atoms with Gasteiger partial charge in [-0.2, -0.15) is 5.10 Å². The van der Waals surface area contributed by atoms with Gasteiger partial charge in [0.2, 0.25) is 5.91 Å². The highest BCUT2D eigenvalue weighted by Crippen LogP contribution is 2.27. The molecule has 1 N–H and O–H groups in total. The molecule has 2 aliphatic heterocycles. The zero-order valence-electron chi connectivity index (χ0n) is 16.8. The first kappa shape index (κ1) is 19.0. The first-order valence-electron chi connectivity index (χ1n) is 10.1. The van der Waals surface area contributed by atoms with Gasteiger partial charge in [-0.1, -0.05) is 18.2 Å². The summed E-state index contributed by atoms with van der Waals surface area (Å²) in [5, 5.41) is 7.96. The molecule has 4 rings (SSSR count). The highest BCUT2D eigenvalue weighted by atomic mass is 16.5. The van der Waals surface area contributed by atoms with Crippen LogP contribution in [0.2, 0.25) is 0 Å². The van der Waals surface area contributed by atoms with E-state index in [1.807, 2.05) is 41.8 Å². The summed E-state index contributed by atoms with van der Waals surface area (Å²) in [6, 6.07) is 8.22. The zero-order valence-corrected chi connectivity index (χ0v) is 16.8. The number of para-hydroxylation sites is 1. The van der Waals surface area contributed by atoms with E-state index in [-0.39, 0.29) is 5.91 Å². The van der Waals surface area contributed by atoms with Gasteiger partial charge in [-0.25, -0.2) is 0 Å². The predicted molar refractivity (Wildman–Crippen MR) is 110 cm³/mol. The van der Waals surface area contributed by atoms with Crippen LogP contribution in [0.25, 0.3) is 0 Å². The third-order valence-electron chi connectivity index (χ3n) is 5.61. The lowest BCUT2D eigenvalue weighted by Gasteiger charge is -2.30. The first-order valence-corrected chi connectivity index (χ1v) is 10.1. The number of anilines is 2. The van der Waals surface area contributed by atoms with E-state index < -0.39 is 0 Å². The van der Waals surface area contributed by atoms with E-state index in [4.69, 9.17) is 4.74 Å². The number of ether oxygens (including phenoxy) is 1. The Morgan fingerprint density at radius 1 is 1.21 bits per heavy atom. The van der Waals surface area contributed by atoms with Crippen molar-refractivity contribution in [3.05, 3.63) is 41.1 Å². The van der Waals surface area contributed by atoms with Crippen molar-refractivity contribution >= 4 is 17.4 Å². The van der Waals surface area contributed by atoms with Gasteiger partial charge >= 0.3 is 0 Å². The van der Waals surface area contributed by atoms with Gasteiger partial charge in [0.25, 0.3) is 0 Å². The quantitative estimate of drug-likeness (QED) is 0.850. The number of morpholine rings is 1. The van der Waals surface area contributed by atoms with Gasteiger partial charge in [0.15, 0.2) is 0 Å². The van der Waals surface area contributed by atoms with E-state index in [2.05, 4.69) is 21.4 Å². The lowest BCUT2D eigenvalue weighted by Crippen LogP contribution is -2.41. The fourth-order valence-corrected chi connectivity index (χ4v) is 4.25. The predicted octanol–water partition coefficient (Wildman–Crippen LogP) is 1.63. The number of aryl methyl sites for hydroxylation is 3. The number of nitrogens with zero attached hydrogens (tertiary/aromatic N) is 4. The van der Waals surface area contributed by atoms with Crippen LogP contribution in [0.4, 0.5) is 11.5 Å². The summed E-state index contributed by atoms with van der Waals surface area (Å²) in [6.45, 7) is 7.00. The van der Waals surface area contributed by atoms with E-state index in [9.17, 15) is 4.79 Å². The largest absolute Gasteiger partial charge is 0.378 e. The highest BCUT2D eigenvalue weighted by Gasteiger charge is 2.23. The summed E-state index contributed by atoms with van der Waals surface area (Å²) in [7, 11) is 1.98. The van der Waals surface area contributed by atoms with Crippen LogP contribution in [-0.2, 0) is 29.5 Å². The molecule has 0 spiro atoms. The van der Waals surface area contributed by atoms with E-state index in [0.717, 1.165) is 68.5 Å². The van der Waals surface area contributed by atoms with E-state index in [1.165, 1.54) is 5.56 Å². The topological polar surface area (TPSA) is 62.6 Å². The zero-order chi connectivity index (χ0) is 19.5. The molecule has 1 aromatic carbocycles. The monoisotopic (exact) mass is 383 g/mol. The molecule has 2 aliphatic rings. The number of fused-ring (bicyclic) bond motifs is 1. The number of carbonyl (C=O) groups excluding carboxylic acids is 1. The van der Waals surface area contributed by atoms with Crippen LogP contribution in [0.3, 0.4) is 0 Å². The maximum atomic E-state index is 12.8. The molecule has 0 unspecified atom stereocenters. The molecule has 0 radical (unpaired) electrons. The fraction of sp³-hybridized carbons (Fsp3) is 0.524. The number of nitrogens with one attached hydrogen (secondary N) is 1. The van der Waals surface area contributed by atoms with Crippen molar-refractivity contribution in [2.75, 3.05) is 49.2 Å². The van der Waals surface area contributed by atoms with Gasteiger partial charge in [-0.3, -0.25) is 9.48 Å². The average Bonchev–Trinajstić information content (AvgIpc) is 3.01. The van der Waals surface area contributed by atoms with Gasteiger partial charge in [-0.05, 0) is 31.4 Å². The second-order valence-electron chi connectivity index (χ2n) is 7.49. The maximum absolute atomic E-state index is 12.8. The maximum Gasteiger partial charge on any atom is 0.240 e. The summed E-state index contributed by atoms with van der Waals surface area (Å²) in [5.74, 6) is 1.26. The molecule has 1 aromatic heterocycles. The Labute approximate surface area is 166 Å². The minimum atomic E-state index is 0.126. The lowest BCUT2D eigenvalue weighted by molar-refractivity contribution is -0.117. The van der Waals surface area contributed by atoms with Crippen molar-refractivity contribution in [1.82, 2.24) is 15.1 Å². The summed E-state index contributed by atoms with van der Waals surface area (Å²) in [6.07, 6.45) is 2.07. The van der Waals surface area contributed by atoms with Crippen molar-refractivity contribution in [3.63, 3.8) is 0 Å². The second kappa shape index (κ2) is 8.32. The molecule has 0 atom stereocenters. The Morgan fingerprint density at radius 3 is 2.82 bits per heavy atom. The molecule has 150 valence electrons. The number of aromatic nitrogens is 2. The molecular formula is C21H29N5O2. The molecule has 7 nitrogen and oxygen atoms in total. The summed E-state index contributed by atoms with van der Waals surface area (Å²) in [5.41, 5.74) is 4.50. The van der Waals surface area contributed by atoms with Gasteiger partial charge < -0.3 is 19.9 Å². The molecule has 1 fully saturated rings. The number of hydrogen-bond donors (Lipinski definition) is 1. The van der Waals surface area contributed by atoms with Crippen molar-refractivity contribution in [2.45, 2.75) is 26.3 Å². The molecule has 28 heavy (non-hydrogen) atoms. The molecular weight excluding hydrogens is 354 g/mol. The van der Waals surface area contributed by atoms with Crippen LogP contribution >= 0.6 is 0 Å². The molecule has 1 amide bonds. The van der Waals surface area contributed by atoms with E-state index >= 15 is 0 Å². The van der Waals surface area contributed by atoms with Crippen LogP contribution in [0.15, 0.2) is 24.3 Å². The van der Waals surface area contributed by atoms with Gasteiger partial charge in [-0.15, -0.1) is 0 Å². The number of benzene rings is 1. The molecule has 3 heterocycles. The van der Waals surface area contributed by atoms with Crippen molar-refractivity contribution in [2.24, 2.45) is 7.05 Å². The highest BCUT2D eigenvalue weighted by molar-refractivity contribution is 5.95. The Balaban J connectivity index is 1.41. The number of carbonyl (C=O) groups is 1. The Morgan fingerprint density at radius 2 is 2.00 bits per heavy atom. The van der Waals surface area contributed by atoms with Gasteiger partial charge in [0.05, 0.1) is 25.5 Å². The van der Waals surface area contributed by atoms with Crippen molar-refractivity contribution in [1.29, 1.82) is 0 Å². The van der Waals surface area contributed by atoms with E-state index in [1.54, 1.807) is 0 Å². The van der Waals surface area contributed by atoms with Crippen molar-refractivity contribution < 1.29 is 9.53 Å². The number of rotatable bonds is 5. The first-order chi connectivity index (χ1) is 13.6. The fourth-order valence-electron chi connectivity index (χ4n) is 4.25. The third-order valence-corrected chi connectivity index (χ3v) is 5.61. The lowest BCUT2D eigenvalue weighted by atomic mass is 10.0. The van der Waals surface area contributed by atoms with Crippen LogP contribution in [0.1, 0.15) is 23.2 Å². The third kappa shape index (κ3) is 3.77. The summed E-state index contributed by atoms with van der Waals surface area (Å²) < 4.78 is 7.42. The molecule has 7 heteroatoms. The molecule has 2 aromatic rings. The van der Waals surface area contributed by atoms with E-state index in [0.29, 0.717) is 13.1 Å². The minimum absolute atomic E-state index is 0.126. The van der Waals surface area contributed by atoms with Crippen LogP contribution in [0, 0.1) is 6.92 Å². The smallest absolute Gasteiger partial charge is 0.240 e. The minimum Gasteiger partial charge on any atom is -0.378 e. The van der Waals surface area contributed by atoms with Gasteiger partial charge in [0.1, 0.15) is 5.82 Å².